The summed E-state index contributed by atoms with van der Waals surface area (Å²) in [6.07, 6.45) is 1.61. The Hall–Kier alpha value is -2.34. The molecule has 5 N–H and O–H groups in total. The zero-order chi connectivity index (χ0) is 27.2. The van der Waals surface area contributed by atoms with Crippen LogP contribution in [0.4, 0.5) is 0 Å². The molecule has 0 rings (SSSR count). The third-order valence-electron chi connectivity index (χ3n) is 5.01. The van der Waals surface area contributed by atoms with Crippen molar-refractivity contribution in [3.05, 3.63) is 0 Å². The topological polar surface area (TPSA) is 188 Å². The summed E-state index contributed by atoms with van der Waals surface area (Å²) in [5.74, 6) is -4.73. The molecule has 0 aliphatic heterocycles. The first-order valence-corrected chi connectivity index (χ1v) is 12.0. The number of hydrogen-bond acceptors (Lipinski definition) is 8. The highest BCUT2D eigenvalue weighted by Gasteiger charge is 2.25. The molecule has 0 radical (unpaired) electrons. The van der Waals surface area contributed by atoms with Gasteiger partial charge in [-0.3, -0.25) is 38.7 Å². The maximum atomic E-state index is 12.6. The molecule has 2 unspecified atom stereocenters. The smallest absolute Gasteiger partial charge is 0.317 e. The van der Waals surface area contributed by atoms with E-state index in [0.29, 0.717) is 5.92 Å². The maximum absolute atomic E-state index is 12.6. The molecule has 1 amide bonds. The van der Waals surface area contributed by atoms with Crippen LogP contribution in [0.25, 0.3) is 0 Å². The van der Waals surface area contributed by atoms with Crippen molar-refractivity contribution >= 4 is 39.0 Å². The standard InChI is InChI=1S/C21H39N4O9P/c1-15(14-35)8-21(2,3)22-16(26)9-24(11-18(29)30)6-4-23(10-17(27)28)5-7-25(12-19(31)32)13-20(33)34/h15H,4-14,35H2,1-3H3,(H,22,26)(H,27,28)(H,29,30)(H,31,32)(H,33,34). The van der Waals surface area contributed by atoms with E-state index in [-0.39, 0.29) is 38.6 Å². The van der Waals surface area contributed by atoms with Gasteiger partial charge < -0.3 is 25.7 Å². The highest BCUT2D eigenvalue weighted by molar-refractivity contribution is 7.16. The first-order valence-electron chi connectivity index (χ1n) is 11.2. The van der Waals surface area contributed by atoms with E-state index in [4.69, 9.17) is 10.2 Å². The van der Waals surface area contributed by atoms with Gasteiger partial charge in [0.2, 0.25) is 5.91 Å². The molecule has 0 aliphatic rings. The van der Waals surface area contributed by atoms with Crippen molar-refractivity contribution in [1.82, 2.24) is 20.0 Å². The van der Waals surface area contributed by atoms with Crippen LogP contribution in [0.5, 0.6) is 0 Å². The predicted molar refractivity (Wildman–Crippen MR) is 130 cm³/mol. The molecule has 0 aliphatic carbocycles. The first kappa shape index (κ1) is 32.7. The molecule has 0 spiro atoms. The zero-order valence-electron chi connectivity index (χ0n) is 20.6. The summed E-state index contributed by atoms with van der Waals surface area (Å²) in [6.45, 7) is 3.90. The summed E-state index contributed by atoms with van der Waals surface area (Å²) >= 11 is 0. The second-order valence-electron chi connectivity index (χ2n) is 9.25. The number of carboxylic acid groups (broad SMARTS) is 4. The van der Waals surface area contributed by atoms with Gasteiger partial charge in [-0.15, -0.1) is 9.24 Å². The van der Waals surface area contributed by atoms with Crippen molar-refractivity contribution in [2.75, 3.05) is 65.1 Å². The van der Waals surface area contributed by atoms with Gasteiger partial charge in [0.25, 0.3) is 0 Å². The van der Waals surface area contributed by atoms with E-state index < -0.39 is 55.6 Å². The number of nitrogens with zero attached hydrogens (tertiary/aromatic N) is 3. The fraction of sp³-hybridized carbons (Fsp3) is 0.762. The molecule has 0 heterocycles. The maximum Gasteiger partial charge on any atom is 0.317 e. The lowest BCUT2D eigenvalue weighted by atomic mass is 9.92. The minimum absolute atomic E-state index is 0.0205. The summed E-state index contributed by atoms with van der Waals surface area (Å²) < 4.78 is 0. The number of carboxylic acids is 4. The number of rotatable bonds is 20. The second kappa shape index (κ2) is 16.4. The van der Waals surface area contributed by atoms with E-state index in [0.717, 1.165) is 17.5 Å². The molecule has 13 nitrogen and oxygen atoms in total. The SMILES string of the molecule is CC(CP)CC(C)(C)NC(=O)CN(CCN(CCN(CC(=O)O)CC(=O)O)CC(=O)O)CC(=O)O. The molecule has 0 fully saturated rings. The Morgan fingerprint density at radius 3 is 1.43 bits per heavy atom. The first-order chi connectivity index (χ1) is 16.1. The molecular formula is C21H39N4O9P. The Morgan fingerprint density at radius 1 is 0.714 bits per heavy atom. The van der Waals surface area contributed by atoms with Gasteiger partial charge in [0.15, 0.2) is 0 Å². The second-order valence-corrected chi connectivity index (χ2v) is 9.72. The van der Waals surface area contributed by atoms with E-state index >= 15 is 0 Å². The third kappa shape index (κ3) is 17.7. The summed E-state index contributed by atoms with van der Waals surface area (Å²) in [5, 5.41) is 39.2. The van der Waals surface area contributed by atoms with Crippen molar-refractivity contribution < 1.29 is 44.4 Å². The monoisotopic (exact) mass is 522 g/mol. The van der Waals surface area contributed by atoms with Crippen LogP contribution in [-0.4, -0.2) is 136 Å². The average molecular weight is 523 g/mol. The van der Waals surface area contributed by atoms with Crippen LogP contribution in [0.3, 0.4) is 0 Å². The van der Waals surface area contributed by atoms with Gasteiger partial charge in [-0.05, 0) is 32.3 Å². The molecule has 0 aromatic carbocycles. The van der Waals surface area contributed by atoms with Gasteiger partial charge in [0.1, 0.15) is 0 Å². The van der Waals surface area contributed by atoms with Gasteiger partial charge >= 0.3 is 23.9 Å². The predicted octanol–water partition coefficient (Wildman–Crippen LogP) is -0.973. The Bertz CT molecular complexity index is 720. The van der Waals surface area contributed by atoms with Crippen LogP contribution in [0, 0.1) is 5.92 Å². The highest BCUT2D eigenvalue weighted by Crippen LogP contribution is 2.17. The largest absolute Gasteiger partial charge is 0.480 e. The van der Waals surface area contributed by atoms with Crippen molar-refractivity contribution in [3.8, 4) is 0 Å². The van der Waals surface area contributed by atoms with Crippen LogP contribution in [0.2, 0.25) is 0 Å². The lowest BCUT2D eigenvalue weighted by Gasteiger charge is -2.31. The van der Waals surface area contributed by atoms with Crippen molar-refractivity contribution in [3.63, 3.8) is 0 Å². The van der Waals surface area contributed by atoms with Crippen LogP contribution in [0.1, 0.15) is 27.2 Å². The Labute approximate surface area is 207 Å². The lowest BCUT2D eigenvalue weighted by Crippen LogP contribution is -2.50. The lowest BCUT2D eigenvalue weighted by molar-refractivity contribution is -0.143. The summed E-state index contributed by atoms with van der Waals surface area (Å²) in [7, 11) is 2.66. The molecule has 0 aromatic heterocycles. The van der Waals surface area contributed by atoms with Crippen LogP contribution in [0.15, 0.2) is 0 Å². The molecule has 2 atom stereocenters. The Morgan fingerprint density at radius 2 is 1.06 bits per heavy atom. The molecule has 0 bridgehead atoms. The van der Waals surface area contributed by atoms with E-state index in [1.54, 1.807) is 0 Å². The quantitative estimate of drug-likeness (QED) is 0.123. The fourth-order valence-corrected chi connectivity index (χ4v) is 3.82. The van der Waals surface area contributed by atoms with Gasteiger partial charge in [-0.2, -0.15) is 0 Å². The number of amides is 1. The minimum Gasteiger partial charge on any atom is -0.480 e. The number of carbonyl (C=O) groups is 5. The van der Waals surface area contributed by atoms with Gasteiger partial charge in [-0.1, -0.05) is 6.92 Å². The minimum atomic E-state index is -1.22. The summed E-state index contributed by atoms with van der Waals surface area (Å²) in [4.78, 5) is 61.1. The number of carbonyl (C=O) groups excluding carboxylic acids is 1. The van der Waals surface area contributed by atoms with E-state index in [9.17, 15) is 34.2 Å². The molecule has 35 heavy (non-hydrogen) atoms. The molecule has 0 saturated carbocycles. The van der Waals surface area contributed by atoms with E-state index in [2.05, 4.69) is 21.5 Å². The zero-order valence-corrected chi connectivity index (χ0v) is 21.8. The van der Waals surface area contributed by atoms with Gasteiger partial charge in [-0.25, -0.2) is 0 Å². The fourth-order valence-electron chi connectivity index (χ4n) is 3.65. The van der Waals surface area contributed by atoms with Crippen molar-refractivity contribution in [2.24, 2.45) is 5.92 Å². The van der Waals surface area contributed by atoms with E-state index in [1.165, 1.54) is 9.80 Å². The number of nitrogens with one attached hydrogen (secondary N) is 1. The van der Waals surface area contributed by atoms with Crippen LogP contribution < -0.4 is 5.32 Å². The third-order valence-corrected chi connectivity index (χ3v) is 5.81. The van der Waals surface area contributed by atoms with Gasteiger partial charge in [0, 0.05) is 31.7 Å². The van der Waals surface area contributed by atoms with Crippen LogP contribution >= 0.6 is 9.24 Å². The average Bonchev–Trinajstić information content (AvgIpc) is 2.66. The van der Waals surface area contributed by atoms with E-state index in [1.807, 2.05) is 13.8 Å². The molecule has 0 saturated heterocycles. The molecule has 202 valence electrons. The van der Waals surface area contributed by atoms with Crippen molar-refractivity contribution in [1.29, 1.82) is 0 Å². The highest BCUT2D eigenvalue weighted by atomic mass is 31.0. The normalized spacial score (nSPS) is 12.7. The number of hydrogen-bond donors (Lipinski definition) is 5. The summed E-state index contributed by atoms with van der Waals surface area (Å²) in [6, 6.07) is 0. The van der Waals surface area contributed by atoms with Crippen LogP contribution in [-0.2, 0) is 24.0 Å². The Balaban J connectivity index is 5.15. The summed E-state index contributed by atoms with van der Waals surface area (Å²) in [5.41, 5.74) is -0.491. The Kier molecular flexibility index (Phi) is 15.3. The van der Waals surface area contributed by atoms with Crippen molar-refractivity contribution in [2.45, 2.75) is 32.7 Å². The van der Waals surface area contributed by atoms with Gasteiger partial charge in [0.05, 0.1) is 32.7 Å². The molecule has 0 aromatic rings. The number of aliphatic carboxylic acids is 4. The molecule has 14 heteroatoms. The molecular weight excluding hydrogens is 483 g/mol.